The number of fused-ring (bicyclic) bond motifs is 1. The quantitative estimate of drug-likeness (QED) is 0.413. The fourth-order valence-corrected chi connectivity index (χ4v) is 4.92. The van der Waals surface area contributed by atoms with Crippen molar-refractivity contribution in [3.63, 3.8) is 0 Å². The van der Waals surface area contributed by atoms with E-state index in [1.54, 1.807) is 11.5 Å². The molecule has 1 aromatic heterocycles. The Morgan fingerprint density at radius 1 is 1.18 bits per heavy atom. The minimum Gasteiger partial charge on any atom is -0.458 e. The molecule has 1 atom stereocenters. The minimum absolute atomic E-state index is 0.0912. The number of nitrogens with zero attached hydrogens (tertiary/aromatic N) is 2. The second-order valence-corrected chi connectivity index (χ2v) is 9.21. The van der Waals surface area contributed by atoms with Crippen LogP contribution in [-0.4, -0.2) is 17.1 Å². The van der Waals surface area contributed by atoms with Crippen LogP contribution in [0.1, 0.15) is 49.4 Å². The molecule has 0 saturated carbocycles. The maximum atomic E-state index is 13.6. The second-order valence-electron chi connectivity index (χ2n) is 8.20. The fraction of sp³-hybridized carbons (Fsp3) is 0.222. The summed E-state index contributed by atoms with van der Waals surface area (Å²) in [5, 5.41) is 0. The number of carbonyl (C=O) groups excluding carboxylic acids is 1. The Morgan fingerprint density at radius 2 is 1.88 bits per heavy atom. The van der Waals surface area contributed by atoms with E-state index in [0.717, 1.165) is 11.1 Å². The molecule has 3 aromatic rings. The van der Waals surface area contributed by atoms with Crippen LogP contribution < -0.4 is 14.9 Å². The Hall–Kier alpha value is -3.51. The van der Waals surface area contributed by atoms with E-state index in [1.807, 2.05) is 48.5 Å². The van der Waals surface area contributed by atoms with Crippen LogP contribution in [0, 0.1) is 0 Å². The molecule has 168 valence electrons. The summed E-state index contributed by atoms with van der Waals surface area (Å²) < 4.78 is 7.52. The summed E-state index contributed by atoms with van der Waals surface area (Å²) in [5.41, 5.74) is 3.75. The smallest absolute Gasteiger partial charge is 0.338 e. The number of allylic oxidation sites excluding steroid dienone is 1. The first-order chi connectivity index (χ1) is 15.9. The molecule has 0 radical (unpaired) electrons. The van der Waals surface area contributed by atoms with Crippen molar-refractivity contribution in [2.24, 2.45) is 4.99 Å². The van der Waals surface area contributed by atoms with Crippen LogP contribution in [0.5, 0.6) is 0 Å². The third-order valence-electron chi connectivity index (χ3n) is 5.59. The van der Waals surface area contributed by atoms with E-state index in [1.165, 1.54) is 23.0 Å². The number of rotatable bonds is 6. The van der Waals surface area contributed by atoms with Gasteiger partial charge in [0.1, 0.15) is 6.61 Å². The van der Waals surface area contributed by atoms with Gasteiger partial charge in [0.15, 0.2) is 4.80 Å². The summed E-state index contributed by atoms with van der Waals surface area (Å²) in [6, 6.07) is 17.1. The van der Waals surface area contributed by atoms with Gasteiger partial charge in [-0.05, 0) is 35.6 Å². The number of benzene rings is 2. The third-order valence-corrected chi connectivity index (χ3v) is 6.57. The van der Waals surface area contributed by atoms with E-state index in [0.29, 0.717) is 26.5 Å². The molecule has 0 N–H and O–H groups in total. The molecule has 0 unspecified atom stereocenters. The van der Waals surface area contributed by atoms with E-state index >= 15 is 0 Å². The predicted octanol–water partition coefficient (Wildman–Crippen LogP) is 4.09. The summed E-state index contributed by atoms with van der Waals surface area (Å²) in [7, 11) is 0. The van der Waals surface area contributed by atoms with Gasteiger partial charge in [-0.2, -0.15) is 0 Å². The monoisotopic (exact) mass is 458 g/mol. The van der Waals surface area contributed by atoms with Gasteiger partial charge in [0.25, 0.3) is 5.56 Å². The van der Waals surface area contributed by atoms with Crippen molar-refractivity contribution in [3.05, 3.63) is 115 Å². The van der Waals surface area contributed by atoms with Gasteiger partial charge >= 0.3 is 5.97 Å². The lowest BCUT2D eigenvalue weighted by Gasteiger charge is -2.24. The molecule has 33 heavy (non-hydrogen) atoms. The Labute approximate surface area is 196 Å². The number of aromatic nitrogens is 1. The molecule has 0 bridgehead atoms. The molecule has 0 amide bonds. The van der Waals surface area contributed by atoms with Crippen LogP contribution >= 0.6 is 11.3 Å². The van der Waals surface area contributed by atoms with Crippen molar-refractivity contribution in [3.8, 4) is 0 Å². The molecule has 1 aliphatic rings. The van der Waals surface area contributed by atoms with Crippen LogP contribution in [-0.2, 0) is 9.53 Å². The van der Waals surface area contributed by atoms with E-state index in [9.17, 15) is 9.59 Å². The predicted molar refractivity (Wildman–Crippen MR) is 132 cm³/mol. The van der Waals surface area contributed by atoms with E-state index < -0.39 is 12.0 Å². The molecule has 5 nitrogen and oxygen atoms in total. The normalized spacial score (nSPS) is 15.9. The van der Waals surface area contributed by atoms with E-state index in [4.69, 9.17) is 4.74 Å². The van der Waals surface area contributed by atoms with Gasteiger partial charge in [-0.3, -0.25) is 9.36 Å². The van der Waals surface area contributed by atoms with E-state index in [2.05, 4.69) is 37.6 Å². The molecule has 4 rings (SSSR count). The molecule has 2 heterocycles. The van der Waals surface area contributed by atoms with Gasteiger partial charge in [-0.1, -0.05) is 92.4 Å². The van der Waals surface area contributed by atoms with Gasteiger partial charge in [0.2, 0.25) is 0 Å². The highest BCUT2D eigenvalue weighted by Gasteiger charge is 2.33. The number of ether oxygens (including phenoxy) is 1. The summed E-state index contributed by atoms with van der Waals surface area (Å²) in [4.78, 5) is 31.7. The van der Waals surface area contributed by atoms with Crippen molar-refractivity contribution < 1.29 is 9.53 Å². The molecule has 2 aromatic carbocycles. The van der Waals surface area contributed by atoms with Crippen molar-refractivity contribution in [1.29, 1.82) is 0 Å². The zero-order valence-electron chi connectivity index (χ0n) is 18.9. The molecule has 0 saturated heterocycles. The van der Waals surface area contributed by atoms with Gasteiger partial charge in [0, 0.05) is 0 Å². The first kappa shape index (κ1) is 22.7. The third kappa shape index (κ3) is 4.52. The Bertz CT molecular complexity index is 1390. The number of hydrogen-bond acceptors (Lipinski definition) is 5. The number of esters is 1. The Morgan fingerprint density at radius 3 is 2.52 bits per heavy atom. The number of hydrogen-bond donors (Lipinski definition) is 0. The number of carbonyl (C=O) groups is 1. The summed E-state index contributed by atoms with van der Waals surface area (Å²) >= 11 is 1.33. The van der Waals surface area contributed by atoms with Crippen LogP contribution in [0.2, 0.25) is 0 Å². The van der Waals surface area contributed by atoms with Gasteiger partial charge in [-0.25, -0.2) is 9.79 Å². The number of thiazole rings is 1. The molecular formula is C27H26N2O3S. The summed E-state index contributed by atoms with van der Waals surface area (Å²) in [5.74, 6) is -0.0546. The molecular weight excluding hydrogens is 432 g/mol. The highest BCUT2D eigenvalue weighted by Crippen LogP contribution is 2.30. The van der Waals surface area contributed by atoms with Gasteiger partial charge < -0.3 is 4.74 Å². The molecule has 1 aliphatic heterocycles. The van der Waals surface area contributed by atoms with Gasteiger partial charge in [-0.15, -0.1) is 0 Å². The Balaban J connectivity index is 1.87. The molecule has 0 aliphatic carbocycles. The first-order valence-electron chi connectivity index (χ1n) is 10.9. The van der Waals surface area contributed by atoms with Crippen LogP contribution in [0.15, 0.2) is 88.3 Å². The maximum Gasteiger partial charge on any atom is 0.338 e. The molecule has 0 fully saturated rings. The largest absolute Gasteiger partial charge is 0.458 e. The SMILES string of the molecule is C=CCOC(=O)C1=C(C)N=c2s/c(=C/c3ccc(C(C)C)cc3)c(=O)n2[C@H]1c1ccccc1. The van der Waals surface area contributed by atoms with Crippen molar-refractivity contribution in [2.45, 2.75) is 32.7 Å². The summed E-state index contributed by atoms with van der Waals surface area (Å²) in [6.07, 6.45) is 3.40. The zero-order chi connectivity index (χ0) is 23.5. The average Bonchev–Trinajstić information content (AvgIpc) is 3.11. The minimum atomic E-state index is -0.606. The van der Waals surface area contributed by atoms with Crippen LogP contribution in [0.4, 0.5) is 0 Å². The fourth-order valence-electron chi connectivity index (χ4n) is 3.87. The highest BCUT2D eigenvalue weighted by molar-refractivity contribution is 7.07. The lowest BCUT2D eigenvalue weighted by atomic mass is 9.96. The average molecular weight is 459 g/mol. The summed E-state index contributed by atoms with van der Waals surface area (Å²) in [6.45, 7) is 9.78. The molecule has 6 heteroatoms. The Kier molecular flexibility index (Phi) is 6.56. The van der Waals surface area contributed by atoms with Crippen LogP contribution in [0.25, 0.3) is 6.08 Å². The topological polar surface area (TPSA) is 60.7 Å². The van der Waals surface area contributed by atoms with E-state index in [-0.39, 0.29) is 12.2 Å². The maximum absolute atomic E-state index is 13.6. The lowest BCUT2D eigenvalue weighted by Crippen LogP contribution is -2.39. The first-order valence-corrected chi connectivity index (χ1v) is 11.7. The molecule has 0 spiro atoms. The van der Waals surface area contributed by atoms with Crippen molar-refractivity contribution >= 4 is 23.4 Å². The van der Waals surface area contributed by atoms with Crippen LogP contribution in [0.3, 0.4) is 0 Å². The second kappa shape index (κ2) is 9.55. The standard InChI is InChI=1S/C27H26N2O3S/c1-5-15-32-26(31)23-18(4)28-27-29(24(23)21-9-7-6-8-10-21)25(30)22(33-27)16-19-11-13-20(14-12-19)17(2)3/h5-14,16-17,24H,1,15H2,2-4H3/b22-16+/t24-/m0/s1. The van der Waals surface area contributed by atoms with Gasteiger partial charge in [0.05, 0.1) is 21.8 Å². The highest BCUT2D eigenvalue weighted by atomic mass is 32.1. The lowest BCUT2D eigenvalue weighted by molar-refractivity contribution is -0.138. The van der Waals surface area contributed by atoms with Crippen molar-refractivity contribution in [2.75, 3.05) is 6.61 Å². The van der Waals surface area contributed by atoms with Crippen molar-refractivity contribution in [1.82, 2.24) is 4.57 Å². The zero-order valence-corrected chi connectivity index (χ0v) is 19.8.